The molecule has 0 bridgehead atoms. The Morgan fingerprint density at radius 2 is 2.06 bits per heavy atom. The van der Waals surface area contributed by atoms with Gasteiger partial charge in [0.1, 0.15) is 0 Å². The summed E-state index contributed by atoms with van der Waals surface area (Å²) in [4.78, 5) is 11.7. The third-order valence-corrected chi connectivity index (χ3v) is 3.33. The predicted molar refractivity (Wildman–Crippen MR) is 56.7 cm³/mol. The lowest BCUT2D eigenvalue weighted by atomic mass is 9.99. The molecule has 1 fully saturated rings. The fraction of sp³-hybridized carbons (Fsp3) is 0.909. The summed E-state index contributed by atoms with van der Waals surface area (Å²) in [6.45, 7) is 0.288. The Morgan fingerprint density at radius 3 is 2.53 bits per heavy atom. The lowest BCUT2D eigenvalue weighted by Crippen LogP contribution is -2.46. The van der Waals surface area contributed by atoms with E-state index in [1.54, 1.807) is 0 Å². The quantitative estimate of drug-likeness (QED) is 0.818. The van der Waals surface area contributed by atoms with E-state index >= 15 is 0 Å². The summed E-state index contributed by atoms with van der Waals surface area (Å²) >= 11 is 0. The predicted octanol–water partition coefficient (Wildman–Crippen LogP) is 2.51. The van der Waals surface area contributed by atoms with E-state index < -0.39 is 25.2 Å². The van der Waals surface area contributed by atoms with E-state index in [0.29, 0.717) is 6.42 Å². The second-order valence-corrected chi connectivity index (χ2v) is 4.58. The van der Waals surface area contributed by atoms with Crippen LogP contribution in [0.1, 0.15) is 32.6 Å². The summed E-state index contributed by atoms with van der Waals surface area (Å²) in [5.74, 6) is -1.01. The molecule has 0 spiro atoms. The van der Waals surface area contributed by atoms with Crippen molar-refractivity contribution in [2.75, 3.05) is 13.1 Å². The highest BCUT2D eigenvalue weighted by molar-refractivity contribution is 5.69. The van der Waals surface area contributed by atoms with Crippen molar-refractivity contribution in [1.29, 1.82) is 0 Å². The molecule has 1 N–H and O–H groups in total. The lowest BCUT2D eigenvalue weighted by molar-refractivity contribution is -0.159. The zero-order chi connectivity index (χ0) is 13.1. The molecule has 1 rings (SSSR count). The SMILES string of the molecule is CCC1CCCC1N(CC(=O)O)CC(F)(F)F. The molecule has 17 heavy (non-hydrogen) atoms. The highest BCUT2D eigenvalue weighted by Gasteiger charge is 2.38. The number of aliphatic carboxylic acids is 1. The summed E-state index contributed by atoms with van der Waals surface area (Å²) < 4.78 is 37.2. The molecular weight excluding hydrogens is 235 g/mol. The van der Waals surface area contributed by atoms with Crippen molar-refractivity contribution >= 4 is 5.97 Å². The molecular formula is C11H18F3NO2. The first-order valence-electron chi connectivity index (χ1n) is 5.86. The highest BCUT2D eigenvalue weighted by atomic mass is 19.4. The monoisotopic (exact) mass is 253 g/mol. The van der Waals surface area contributed by atoms with Crippen LogP contribution in [0, 0.1) is 5.92 Å². The minimum atomic E-state index is -4.34. The molecule has 6 heteroatoms. The second kappa shape index (κ2) is 5.71. The van der Waals surface area contributed by atoms with Crippen LogP contribution in [0.4, 0.5) is 13.2 Å². The number of halogens is 3. The van der Waals surface area contributed by atoms with Crippen LogP contribution in [0.2, 0.25) is 0 Å². The molecule has 100 valence electrons. The number of rotatable bonds is 5. The van der Waals surface area contributed by atoms with E-state index in [2.05, 4.69) is 0 Å². The summed E-state index contributed by atoms with van der Waals surface area (Å²) in [5, 5.41) is 8.69. The standard InChI is InChI=1S/C11H18F3NO2/c1-2-8-4-3-5-9(8)15(6-10(16)17)7-11(12,13)14/h8-9H,2-7H2,1H3,(H,16,17). The maximum Gasteiger partial charge on any atom is 0.401 e. The number of carboxylic acid groups (broad SMARTS) is 1. The summed E-state index contributed by atoms with van der Waals surface area (Å²) in [6, 6.07) is -0.238. The number of carboxylic acids is 1. The molecule has 0 radical (unpaired) electrons. The maximum atomic E-state index is 12.4. The number of alkyl halides is 3. The van der Waals surface area contributed by atoms with E-state index in [4.69, 9.17) is 5.11 Å². The zero-order valence-electron chi connectivity index (χ0n) is 9.83. The lowest BCUT2D eigenvalue weighted by Gasteiger charge is -2.32. The first-order chi connectivity index (χ1) is 7.83. The third kappa shape index (κ3) is 4.53. The van der Waals surface area contributed by atoms with Gasteiger partial charge < -0.3 is 5.11 Å². The third-order valence-electron chi connectivity index (χ3n) is 3.33. The summed E-state index contributed by atoms with van der Waals surface area (Å²) in [5.41, 5.74) is 0. The second-order valence-electron chi connectivity index (χ2n) is 4.58. The van der Waals surface area contributed by atoms with Gasteiger partial charge in [0.15, 0.2) is 0 Å². The summed E-state index contributed by atoms with van der Waals surface area (Å²) in [6.07, 6.45) is -1.08. The molecule has 2 atom stereocenters. The van der Waals surface area contributed by atoms with Gasteiger partial charge in [-0.15, -0.1) is 0 Å². The van der Waals surface area contributed by atoms with Crippen molar-refractivity contribution < 1.29 is 23.1 Å². The van der Waals surface area contributed by atoms with Gasteiger partial charge in [-0.2, -0.15) is 13.2 Å². The normalized spacial score (nSPS) is 25.5. The van der Waals surface area contributed by atoms with Crippen LogP contribution in [0.15, 0.2) is 0 Å². The van der Waals surface area contributed by atoms with Crippen LogP contribution in [0.5, 0.6) is 0 Å². The van der Waals surface area contributed by atoms with Crippen molar-refractivity contribution in [3.05, 3.63) is 0 Å². The maximum absolute atomic E-state index is 12.4. The van der Waals surface area contributed by atoms with Crippen LogP contribution in [-0.2, 0) is 4.79 Å². The summed E-state index contributed by atoms with van der Waals surface area (Å²) in [7, 11) is 0. The average molecular weight is 253 g/mol. The fourth-order valence-electron chi connectivity index (χ4n) is 2.67. The van der Waals surface area contributed by atoms with Crippen LogP contribution in [0.25, 0.3) is 0 Å². The van der Waals surface area contributed by atoms with Gasteiger partial charge in [-0.25, -0.2) is 0 Å². The van der Waals surface area contributed by atoms with Gasteiger partial charge in [-0.3, -0.25) is 9.69 Å². The molecule has 0 aromatic heterocycles. The Labute approximate surface area is 98.6 Å². The van der Waals surface area contributed by atoms with Crippen molar-refractivity contribution in [2.24, 2.45) is 5.92 Å². The van der Waals surface area contributed by atoms with E-state index in [-0.39, 0.29) is 12.0 Å². The molecule has 0 aliphatic heterocycles. The average Bonchev–Trinajstić information content (AvgIpc) is 2.60. The zero-order valence-corrected chi connectivity index (χ0v) is 9.83. The molecule has 0 heterocycles. The Hall–Kier alpha value is -0.780. The smallest absolute Gasteiger partial charge is 0.401 e. The molecule has 3 nitrogen and oxygen atoms in total. The first-order valence-corrected chi connectivity index (χ1v) is 5.86. The van der Waals surface area contributed by atoms with Gasteiger partial charge in [0.25, 0.3) is 0 Å². The van der Waals surface area contributed by atoms with Crippen molar-refractivity contribution in [1.82, 2.24) is 4.90 Å². The molecule has 0 aromatic carbocycles. The number of hydrogen-bond donors (Lipinski definition) is 1. The number of nitrogens with zero attached hydrogens (tertiary/aromatic N) is 1. The van der Waals surface area contributed by atoms with Gasteiger partial charge >= 0.3 is 12.1 Å². The Kier molecular flexibility index (Phi) is 4.80. The van der Waals surface area contributed by atoms with Gasteiger partial charge in [0.05, 0.1) is 13.1 Å². The van der Waals surface area contributed by atoms with Gasteiger partial charge in [0.2, 0.25) is 0 Å². The molecule has 0 amide bonds. The van der Waals surface area contributed by atoms with Crippen LogP contribution in [0.3, 0.4) is 0 Å². The van der Waals surface area contributed by atoms with Crippen LogP contribution >= 0.6 is 0 Å². The Balaban J connectivity index is 2.71. The van der Waals surface area contributed by atoms with E-state index in [1.807, 2.05) is 6.92 Å². The van der Waals surface area contributed by atoms with E-state index in [9.17, 15) is 18.0 Å². The van der Waals surface area contributed by atoms with Crippen LogP contribution in [-0.4, -0.2) is 41.3 Å². The number of hydrogen-bond acceptors (Lipinski definition) is 2. The topological polar surface area (TPSA) is 40.5 Å². The van der Waals surface area contributed by atoms with Crippen molar-refractivity contribution in [3.8, 4) is 0 Å². The first kappa shape index (κ1) is 14.3. The van der Waals surface area contributed by atoms with Crippen molar-refractivity contribution in [2.45, 2.75) is 44.8 Å². The molecule has 0 saturated heterocycles. The number of carbonyl (C=O) groups is 1. The molecule has 2 unspecified atom stereocenters. The molecule has 1 saturated carbocycles. The van der Waals surface area contributed by atoms with Gasteiger partial charge in [-0.1, -0.05) is 19.8 Å². The molecule has 0 aromatic rings. The van der Waals surface area contributed by atoms with E-state index in [1.165, 1.54) is 0 Å². The Bertz CT molecular complexity index is 268. The van der Waals surface area contributed by atoms with Crippen molar-refractivity contribution in [3.63, 3.8) is 0 Å². The highest BCUT2D eigenvalue weighted by Crippen LogP contribution is 2.33. The Morgan fingerprint density at radius 1 is 1.41 bits per heavy atom. The molecule has 1 aliphatic carbocycles. The van der Waals surface area contributed by atoms with E-state index in [0.717, 1.165) is 24.2 Å². The minimum Gasteiger partial charge on any atom is -0.480 e. The fourth-order valence-corrected chi connectivity index (χ4v) is 2.67. The van der Waals surface area contributed by atoms with Crippen LogP contribution < -0.4 is 0 Å². The minimum absolute atomic E-state index is 0.191. The van der Waals surface area contributed by atoms with Gasteiger partial charge in [-0.05, 0) is 18.8 Å². The van der Waals surface area contributed by atoms with Gasteiger partial charge in [0, 0.05) is 6.04 Å². The molecule has 1 aliphatic rings. The largest absolute Gasteiger partial charge is 0.480 e.